The number of nitrogens with zero attached hydrogens (tertiary/aromatic N) is 1. The molecule has 0 aliphatic carbocycles. The highest BCUT2D eigenvalue weighted by Crippen LogP contribution is 2.34. The second-order valence-electron chi connectivity index (χ2n) is 4.05. The van der Waals surface area contributed by atoms with E-state index in [2.05, 4.69) is 0 Å². The number of nitro benzene ring substituents is 1. The fraction of sp³-hybridized carbons (Fsp3) is 0.143. The molecule has 0 fully saturated rings. The molecule has 0 aliphatic rings. The minimum absolute atomic E-state index is 0.139. The van der Waals surface area contributed by atoms with Gasteiger partial charge < -0.3 is 4.74 Å². The first-order valence-corrected chi connectivity index (χ1v) is 6.30. The Kier molecular flexibility index (Phi) is 4.20. The van der Waals surface area contributed by atoms with Crippen LogP contribution in [0.15, 0.2) is 36.4 Å². The van der Waals surface area contributed by atoms with Crippen LogP contribution in [-0.2, 0) is 6.42 Å². The Bertz CT molecular complexity index is 661. The van der Waals surface area contributed by atoms with E-state index in [9.17, 15) is 14.5 Å². The van der Waals surface area contributed by atoms with Crippen LogP contribution in [0.4, 0.5) is 10.1 Å². The molecule has 0 saturated carbocycles. The maximum Gasteiger partial charge on any atom is 0.346 e. The van der Waals surface area contributed by atoms with Crippen molar-refractivity contribution in [2.24, 2.45) is 0 Å². The maximum absolute atomic E-state index is 13.5. The number of ether oxygens (including phenoxy) is 1. The summed E-state index contributed by atoms with van der Waals surface area (Å²) in [6.45, 7) is 1.93. The summed E-state index contributed by atoms with van der Waals surface area (Å²) in [5.74, 6) is -0.698. The van der Waals surface area contributed by atoms with Gasteiger partial charge in [0.1, 0.15) is 5.75 Å². The molecule has 0 radical (unpaired) electrons. The molecule has 0 amide bonds. The molecule has 0 aliphatic heterocycles. The molecule has 0 heterocycles. The van der Waals surface area contributed by atoms with Gasteiger partial charge in [0.25, 0.3) is 0 Å². The molecular formula is C14H11ClFNO3. The normalized spacial score (nSPS) is 10.3. The number of hydrogen-bond donors (Lipinski definition) is 0. The van der Waals surface area contributed by atoms with Crippen molar-refractivity contribution in [1.29, 1.82) is 0 Å². The summed E-state index contributed by atoms with van der Waals surface area (Å²) in [5.41, 5.74) is 0.170. The van der Waals surface area contributed by atoms with Gasteiger partial charge in [-0.2, -0.15) is 4.39 Å². The lowest BCUT2D eigenvalue weighted by Crippen LogP contribution is -1.97. The fourth-order valence-electron chi connectivity index (χ4n) is 1.77. The van der Waals surface area contributed by atoms with Gasteiger partial charge in [0, 0.05) is 5.02 Å². The van der Waals surface area contributed by atoms with Gasteiger partial charge in [-0.1, -0.05) is 24.6 Å². The summed E-state index contributed by atoms with van der Waals surface area (Å²) < 4.78 is 18.9. The molecule has 0 bridgehead atoms. The number of aryl methyl sites for hydroxylation is 1. The average molecular weight is 296 g/mol. The molecule has 0 atom stereocenters. The van der Waals surface area contributed by atoms with E-state index in [0.717, 1.165) is 11.6 Å². The monoisotopic (exact) mass is 295 g/mol. The smallest absolute Gasteiger partial charge is 0.346 e. The molecule has 0 aromatic heterocycles. The molecule has 0 unspecified atom stereocenters. The molecular weight excluding hydrogens is 285 g/mol. The van der Waals surface area contributed by atoms with Gasteiger partial charge in [-0.05, 0) is 42.3 Å². The van der Waals surface area contributed by atoms with Gasteiger partial charge >= 0.3 is 5.69 Å². The van der Waals surface area contributed by atoms with Crippen LogP contribution in [0.2, 0.25) is 5.02 Å². The zero-order valence-corrected chi connectivity index (χ0v) is 11.4. The van der Waals surface area contributed by atoms with E-state index < -0.39 is 16.4 Å². The summed E-state index contributed by atoms with van der Waals surface area (Å²) in [7, 11) is 0. The second-order valence-corrected chi connectivity index (χ2v) is 4.46. The van der Waals surface area contributed by atoms with Crippen molar-refractivity contribution in [2.75, 3.05) is 0 Å². The van der Waals surface area contributed by atoms with Crippen molar-refractivity contribution in [3.63, 3.8) is 0 Å². The highest BCUT2D eigenvalue weighted by molar-refractivity contribution is 6.31. The first-order valence-electron chi connectivity index (χ1n) is 5.92. The van der Waals surface area contributed by atoms with Crippen LogP contribution in [0.3, 0.4) is 0 Å². The van der Waals surface area contributed by atoms with E-state index >= 15 is 0 Å². The van der Waals surface area contributed by atoms with Gasteiger partial charge in [-0.25, -0.2) is 0 Å². The van der Waals surface area contributed by atoms with Gasteiger partial charge in [-0.3, -0.25) is 10.1 Å². The number of para-hydroxylation sites is 1. The molecule has 2 aromatic carbocycles. The van der Waals surface area contributed by atoms with Crippen molar-refractivity contribution < 1.29 is 14.1 Å². The zero-order chi connectivity index (χ0) is 14.7. The third-order valence-electron chi connectivity index (χ3n) is 2.76. The quantitative estimate of drug-likeness (QED) is 0.604. The summed E-state index contributed by atoms with van der Waals surface area (Å²) in [6.07, 6.45) is 0.696. The SMILES string of the molecule is CCc1cc(Oc2cccc(F)c2[N+](=O)[O-])ccc1Cl. The van der Waals surface area contributed by atoms with E-state index in [4.69, 9.17) is 16.3 Å². The first kappa shape index (κ1) is 14.3. The Morgan fingerprint density at radius 1 is 1.35 bits per heavy atom. The van der Waals surface area contributed by atoms with Crippen molar-refractivity contribution in [2.45, 2.75) is 13.3 Å². The second kappa shape index (κ2) is 5.88. The Morgan fingerprint density at radius 3 is 2.75 bits per heavy atom. The zero-order valence-electron chi connectivity index (χ0n) is 10.6. The molecule has 0 N–H and O–H groups in total. The van der Waals surface area contributed by atoms with Crippen LogP contribution in [0.5, 0.6) is 11.5 Å². The Morgan fingerprint density at radius 2 is 2.10 bits per heavy atom. The van der Waals surface area contributed by atoms with Crippen molar-refractivity contribution in [3.05, 3.63) is 62.9 Å². The van der Waals surface area contributed by atoms with Crippen LogP contribution in [-0.4, -0.2) is 4.92 Å². The minimum atomic E-state index is -0.933. The van der Waals surface area contributed by atoms with Crippen LogP contribution in [0.1, 0.15) is 12.5 Å². The minimum Gasteiger partial charge on any atom is -0.450 e. The summed E-state index contributed by atoms with van der Waals surface area (Å²) in [6, 6.07) is 8.62. The van der Waals surface area contributed by atoms with Crippen molar-refractivity contribution >= 4 is 17.3 Å². The topological polar surface area (TPSA) is 52.4 Å². The lowest BCUT2D eigenvalue weighted by atomic mass is 10.1. The molecule has 4 nitrogen and oxygen atoms in total. The lowest BCUT2D eigenvalue weighted by Gasteiger charge is -2.09. The third kappa shape index (κ3) is 2.88. The summed E-state index contributed by atoms with van der Waals surface area (Å²) >= 11 is 5.98. The molecule has 6 heteroatoms. The van der Waals surface area contributed by atoms with Crippen molar-refractivity contribution in [1.82, 2.24) is 0 Å². The largest absolute Gasteiger partial charge is 0.450 e. The maximum atomic E-state index is 13.5. The highest BCUT2D eigenvalue weighted by atomic mass is 35.5. The number of nitro groups is 1. The van der Waals surface area contributed by atoms with Gasteiger partial charge in [0.15, 0.2) is 0 Å². The highest BCUT2D eigenvalue weighted by Gasteiger charge is 2.21. The molecule has 2 aromatic rings. The van der Waals surface area contributed by atoms with E-state index in [1.54, 1.807) is 18.2 Å². The van der Waals surface area contributed by atoms with E-state index in [-0.39, 0.29) is 5.75 Å². The molecule has 0 spiro atoms. The van der Waals surface area contributed by atoms with Gasteiger partial charge in [-0.15, -0.1) is 0 Å². The third-order valence-corrected chi connectivity index (χ3v) is 3.13. The first-order chi connectivity index (χ1) is 9.52. The van der Waals surface area contributed by atoms with E-state index in [1.807, 2.05) is 6.92 Å². The number of hydrogen-bond acceptors (Lipinski definition) is 3. The summed E-state index contributed by atoms with van der Waals surface area (Å²) in [5, 5.41) is 11.5. The van der Waals surface area contributed by atoms with Crippen LogP contribution in [0, 0.1) is 15.9 Å². The Balaban J connectivity index is 2.40. The molecule has 2 rings (SSSR count). The number of benzene rings is 2. The Labute approximate surface area is 119 Å². The van der Waals surface area contributed by atoms with Gasteiger partial charge in [0.05, 0.1) is 4.92 Å². The molecule has 20 heavy (non-hydrogen) atoms. The van der Waals surface area contributed by atoms with Crippen LogP contribution < -0.4 is 4.74 Å². The van der Waals surface area contributed by atoms with Gasteiger partial charge in [0.2, 0.25) is 11.6 Å². The number of rotatable bonds is 4. The lowest BCUT2D eigenvalue weighted by molar-refractivity contribution is -0.388. The Hall–Kier alpha value is -2.14. The standard InChI is InChI=1S/C14H11ClFNO3/c1-2-9-8-10(6-7-11(9)15)20-13-5-3-4-12(16)14(13)17(18)19/h3-8H,2H2,1H3. The van der Waals surface area contributed by atoms with Crippen LogP contribution in [0.25, 0.3) is 0 Å². The van der Waals surface area contributed by atoms with Crippen LogP contribution >= 0.6 is 11.6 Å². The molecule has 104 valence electrons. The fourth-order valence-corrected chi connectivity index (χ4v) is 2.02. The number of halogens is 2. The average Bonchev–Trinajstić information content (AvgIpc) is 2.40. The summed E-state index contributed by atoms with van der Waals surface area (Å²) in [4.78, 5) is 10.1. The van der Waals surface area contributed by atoms with E-state index in [0.29, 0.717) is 17.2 Å². The van der Waals surface area contributed by atoms with E-state index in [1.165, 1.54) is 12.1 Å². The predicted octanol–water partition coefficient (Wildman–Crippen LogP) is 4.74. The van der Waals surface area contributed by atoms with Crippen molar-refractivity contribution in [3.8, 4) is 11.5 Å². The predicted molar refractivity (Wildman–Crippen MR) is 74.0 cm³/mol. The molecule has 0 saturated heterocycles.